The number of nitrogens with one attached hydrogen (secondary N) is 1. The smallest absolute Gasteiger partial charge is 0.263 e. The van der Waals surface area contributed by atoms with Gasteiger partial charge in [0.05, 0.1) is 12.1 Å². The van der Waals surface area contributed by atoms with Crippen molar-refractivity contribution in [1.82, 2.24) is 5.48 Å². The summed E-state index contributed by atoms with van der Waals surface area (Å²) in [6, 6.07) is 9.67. The molecule has 0 radical (unpaired) electrons. The summed E-state index contributed by atoms with van der Waals surface area (Å²) in [7, 11) is 0. The van der Waals surface area contributed by atoms with Crippen molar-refractivity contribution in [3.05, 3.63) is 35.9 Å². The zero-order valence-electron chi connectivity index (χ0n) is 9.11. The summed E-state index contributed by atoms with van der Waals surface area (Å²) >= 11 is 0. The van der Waals surface area contributed by atoms with Crippen molar-refractivity contribution < 1.29 is 9.63 Å². The van der Waals surface area contributed by atoms with E-state index in [4.69, 9.17) is 10.6 Å². The maximum atomic E-state index is 11.6. The Hall–Kier alpha value is -1.39. The topological polar surface area (TPSA) is 64.4 Å². The van der Waals surface area contributed by atoms with Crippen LogP contribution in [0.15, 0.2) is 30.3 Å². The molecule has 0 saturated heterocycles. The van der Waals surface area contributed by atoms with Crippen LogP contribution in [0.3, 0.4) is 0 Å². The second-order valence-electron chi connectivity index (χ2n) is 4.22. The van der Waals surface area contributed by atoms with Crippen LogP contribution in [0.5, 0.6) is 0 Å². The highest BCUT2D eigenvalue weighted by Gasteiger charge is 2.40. The van der Waals surface area contributed by atoms with Crippen molar-refractivity contribution in [3.63, 3.8) is 0 Å². The summed E-state index contributed by atoms with van der Waals surface area (Å²) < 4.78 is 0. The van der Waals surface area contributed by atoms with Crippen LogP contribution in [0.25, 0.3) is 0 Å². The van der Waals surface area contributed by atoms with Crippen molar-refractivity contribution in [2.45, 2.75) is 31.4 Å². The summed E-state index contributed by atoms with van der Waals surface area (Å²) in [6.07, 6.45) is 2.50. The Morgan fingerprint density at radius 3 is 2.62 bits per heavy atom. The van der Waals surface area contributed by atoms with E-state index in [1.54, 1.807) is 0 Å². The zero-order valence-corrected chi connectivity index (χ0v) is 9.11. The number of nitrogens with two attached hydrogens (primary N) is 1. The van der Waals surface area contributed by atoms with Crippen molar-refractivity contribution in [1.29, 1.82) is 0 Å². The molecule has 1 aliphatic carbocycles. The zero-order chi connectivity index (χ0) is 11.4. The molecule has 0 aliphatic heterocycles. The lowest BCUT2D eigenvalue weighted by molar-refractivity contribution is -0.143. The molecule has 0 heterocycles. The monoisotopic (exact) mass is 220 g/mol. The molecular formula is C12H16N2O2. The van der Waals surface area contributed by atoms with Gasteiger partial charge in [-0.05, 0) is 24.8 Å². The number of hydrogen-bond acceptors (Lipinski definition) is 3. The molecule has 3 N–H and O–H groups in total. The summed E-state index contributed by atoms with van der Waals surface area (Å²) in [4.78, 5) is 16.7. The van der Waals surface area contributed by atoms with E-state index in [2.05, 4.69) is 5.48 Å². The highest BCUT2D eigenvalue weighted by Crippen LogP contribution is 2.28. The molecule has 16 heavy (non-hydrogen) atoms. The van der Waals surface area contributed by atoms with Gasteiger partial charge in [0.1, 0.15) is 0 Å². The molecule has 1 fully saturated rings. The van der Waals surface area contributed by atoms with Crippen molar-refractivity contribution in [3.8, 4) is 0 Å². The number of carbonyl (C=O) groups is 1. The Morgan fingerprint density at radius 1 is 1.38 bits per heavy atom. The van der Waals surface area contributed by atoms with Crippen LogP contribution in [-0.2, 0) is 16.2 Å². The van der Waals surface area contributed by atoms with Crippen LogP contribution in [0, 0.1) is 0 Å². The molecule has 2 rings (SSSR count). The molecule has 1 saturated carbocycles. The first-order valence-corrected chi connectivity index (χ1v) is 5.46. The minimum Gasteiger partial charge on any atom is -0.317 e. The third-order valence-corrected chi connectivity index (χ3v) is 2.94. The number of carbonyl (C=O) groups excluding carboxylic acids is 1. The third-order valence-electron chi connectivity index (χ3n) is 2.94. The van der Waals surface area contributed by atoms with Crippen molar-refractivity contribution >= 4 is 5.91 Å². The molecule has 0 spiro atoms. The quantitative estimate of drug-likeness (QED) is 0.747. The summed E-state index contributed by atoms with van der Waals surface area (Å²) in [5.41, 5.74) is 8.56. The molecule has 0 atom stereocenters. The van der Waals surface area contributed by atoms with Gasteiger partial charge in [-0.1, -0.05) is 30.3 Å². The molecule has 1 aromatic carbocycles. The van der Waals surface area contributed by atoms with E-state index >= 15 is 0 Å². The van der Waals surface area contributed by atoms with Gasteiger partial charge in [-0.3, -0.25) is 9.63 Å². The van der Waals surface area contributed by atoms with Gasteiger partial charge in [-0.15, -0.1) is 0 Å². The first-order chi connectivity index (χ1) is 7.71. The molecule has 86 valence electrons. The van der Waals surface area contributed by atoms with E-state index in [9.17, 15) is 4.79 Å². The molecule has 1 aromatic rings. The molecule has 0 unspecified atom stereocenters. The maximum Gasteiger partial charge on any atom is 0.263 e. The molecule has 4 heteroatoms. The SMILES string of the molecule is NC1(C(=O)NOCc2ccccc2)CCC1. The fourth-order valence-electron chi connectivity index (χ4n) is 1.65. The minimum absolute atomic E-state index is 0.213. The van der Waals surface area contributed by atoms with Crippen LogP contribution in [0.1, 0.15) is 24.8 Å². The van der Waals surface area contributed by atoms with Crippen LogP contribution >= 0.6 is 0 Å². The average molecular weight is 220 g/mol. The Morgan fingerprint density at radius 2 is 2.06 bits per heavy atom. The second kappa shape index (κ2) is 4.63. The number of benzene rings is 1. The predicted octanol–water partition coefficient (Wildman–Crippen LogP) is 1.12. The van der Waals surface area contributed by atoms with Crippen molar-refractivity contribution in [2.75, 3.05) is 0 Å². The molecule has 0 bridgehead atoms. The number of hydroxylamine groups is 1. The lowest BCUT2D eigenvalue weighted by Crippen LogP contribution is -2.58. The summed E-state index contributed by atoms with van der Waals surface area (Å²) in [5, 5.41) is 0. The van der Waals surface area contributed by atoms with Crippen LogP contribution in [0.4, 0.5) is 0 Å². The Balaban J connectivity index is 1.74. The van der Waals surface area contributed by atoms with Gasteiger partial charge in [0, 0.05) is 0 Å². The first kappa shape index (κ1) is 11.1. The number of rotatable bonds is 4. The highest BCUT2D eigenvalue weighted by atomic mass is 16.6. The maximum absolute atomic E-state index is 11.6. The van der Waals surface area contributed by atoms with E-state index in [0.29, 0.717) is 6.61 Å². The third kappa shape index (κ3) is 2.40. The Labute approximate surface area is 94.7 Å². The van der Waals surface area contributed by atoms with E-state index in [1.165, 1.54) is 0 Å². The fraction of sp³-hybridized carbons (Fsp3) is 0.417. The van der Waals surface area contributed by atoms with Gasteiger partial charge in [0.2, 0.25) is 0 Å². The standard InChI is InChI=1S/C12H16N2O2/c13-12(7-4-8-12)11(15)14-16-9-10-5-2-1-3-6-10/h1-3,5-6H,4,7-9,13H2,(H,14,15). The van der Waals surface area contributed by atoms with Gasteiger partial charge in [-0.2, -0.15) is 0 Å². The van der Waals surface area contributed by atoms with Gasteiger partial charge >= 0.3 is 0 Å². The van der Waals surface area contributed by atoms with Crippen LogP contribution in [-0.4, -0.2) is 11.4 Å². The van der Waals surface area contributed by atoms with Gasteiger partial charge < -0.3 is 5.73 Å². The van der Waals surface area contributed by atoms with Crippen molar-refractivity contribution in [2.24, 2.45) is 5.73 Å². The fourth-order valence-corrected chi connectivity index (χ4v) is 1.65. The molecule has 0 aromatic heterocycles. The summed E-state index contributed by atoms with van der Waals surface area (Å²) in [5.74, 6) is -0.213. The van der Waals surface area contributed by atoms with E-state index < -0.39 is 5.54 Å². The Kier molecular flexibility index (Phi) is 3.22. The van der Waals surface area contributed by atoms with Crippen LogP contribution in [0.2, 0.25) is 0 Å². The lowest BCUT2D eigenvalue weighted by Gasteiger charge is -2.35. The van der Waals surface area contributed by atoms with E-state index in [1.807, 2.05) is 30.3 Å². The minimum atomic E-state index is -0.698. The summed E-state index contributed by atoms with van der Waals surface area (Å²) in [6.45, 7) is 0.364. The molecule has 1 amide bonds. The number of amides is 1. The number of hydrogen-bond donors (Lipinski definition) is 2. The van der Waals surface area contributed by atoms with E-state index in [0.717, 1.165) is 24.8 Å². The second-order valence-corrected chi connectivity index (χ2v) is 4.22. The lowest BCUT2D eigenvalue weighted by atomic mass is 9.77. The highest BCUT2D eigenvalue weighted by molar-refractivity contribution is 5.86. The van der Waals surface area contributed by atoms with Gasteiger partial charge in [0.15, 0.2) is 0 Å². The van der Waals surface area contributed by atoms with Crippen LogP contribution < -0.4 is 11.2 Å². The largest absolute Gasteiger partial charge is 0.317 e. The molecule has 4 nitrogen and oxygen atoms in total. The Bertz CT molecular complexity index is 361. The molecule has 1 aliphatic rings. The normalized spacial score (nSPS) is 17.6. The molecular weight excluding hydrogens is 204 g/mol. The first-order valence-electron chi connectivity index (χ1n) is 5.46. The van der Waals surface area contributed by atoms with E-state index in [-0.39, 0.29) is 5.91 Å². The predicted molar refractivity (Wildman–Crippen MR) is 60.1 cm³/mol. The average Bonchev–Trinajstić information content (AvgIpc) is 2.27. The van der Waals surface area contributed by atoms with Gasteiger partial charge in [0.25, 0.3) is 5.91 Å². The van der Waals surface area contributed by atoms with Gasteiger partial charge in [-0.25, -0.2) is 5.48 Å².